The van der Waals surface area contributed by atoms with Crippen LogP contribution in [0.2, 0.25) is 0 Å². The minimum absolute atomic E-state index is 0.162. The van der Waals surface area contributed by atoms with Crippen LogP contribution in [-0.2, 0) is 4.79 Å². The number of likely N-dealkylation sites (N-methyl/N-ethyl adjacent to an activating group) is 1. The standard InChI is InChI=1S/C22H32N6O/c1-6-27(7-2)21(29)14-28-10-8-9-20(28)19-13-18(12-17(5)23-19)26-22-24-15(3)11-16(4)25-22/h11-13,20H,6-10,14H2,1-5H3,(H,23,24,25,26). The van der Waals surface area contributed by atoms with E-state index in [0.29, 0.717) is 12.5 Å². The maximum atomic E-state index is 12.6. The molecule has 1 aliphatic rings. The fourth-order valence-electron chi connectivity index (χ4n) is 4.05. The average molecular weight is 397 g/mol. The number of hydrogen-bond donors (Lipinski definition) is 1. The van der Waals surface area contributed by atoms with Gasteiger partial charge in [0.2, 0.25) is 11.9 Å². The van der Waals surface area contributed by atoms with Gasteiger partial charge in [-0.15, -0.1) is 0 Å². The molecular formula is C22H32N6O. The first-order chi connectivity index (χ1) is 13.9. The lowest BCUT2D eigenvalue weighted by atomic mass is 10.1. The third-order valence-corrected chi connectivity index (χ3v) is 5.37. The molecule has 0 aromatic carbocycles. The van der Waals surface area contributed by atoms with Crippen molar-refractivity contribution >= 4 is 17.5 Å². The molecule has 1 saturated heterocycles. The van der Waals surface area contributed by atoms with Crippen LogP contribution in [-0.4, -0.2) is 56.8 Å². The van der Waals surface area contributed by atoms with E-state index >= 15 is 0 Å². The van der Waals surface area contributed by atoms with Crippen molar-refractivity contribution in [3.8, 4) is 0 Å². The van der Waals surface area contributed by atoms with E-state index in [0.717, 1.165) is 60.9 Å². The van der Waals surface area contributed by atoms with Crippen LogP contribution in [0.4, 0.5) is 11.6 Å². The van der Waals surface area contributed by atoms with Crippen LogP contribution in [0.5, 0.6) is 0 Å². The second kappa shape index (κ2) is 9.31. The zero-order valence-electron chi connectivity index (χ0n) is 18.2. The summed E-state index contributed by atoms with van der Waals surface area (Å²) in [4.78, 5) is 30.5. The number of nitrogens with zero attached hydrogens (tertiary/aromatic N) is 5. The number of carbonyl (C=O) groups excluding carboxylic acids is 1. The minimum atomic E-state index is 0.162. The zero-order valence-corrected chi connectivity index (χ0v) is 18.2. The molecule has 2 aromatic rings. The summed E-state index contributed by atoms with van der Waals surface area (Å²) >= 11 is 0. The van der Waals surface area contributed by atoms with Gasteiger partial charge in [0, 0.05) is 35.9 Å². The van der Waals surface area contributed by atoms with Gasteiger partial charge < -0.3 is 10.2 Å². The number of hydrogen-bond acceptors (Lipinski definition) is 6. The normalized spacial score (nSPS) is 16.8. The number of rotatable bonds is 7. The van der Waals surface area contributed by atoms with Gasteiger partial charge in [-0.3, -0.25) is 14.7 Å². The lowest BCUT2D eigenvalue weighted by Gasteiger charge is -2.27. The van der Waals surface area contributed by atoms with E-state index in [1.54, 1.807) is 0 Å². The summed E-state index contributed by atoms with van der Waals surface area (Å²) in [6, 6.07) is 6.19. The van der Waals surface area contributed by atoms with Gasteiger partial charge in [-0.25, -0.2) is 9.97 Å². The van der Waals surface area contributed by atoms with E-state index in [2.05, 4.69) is 26.3 Å². The Morgan fingerprint density at radius 2 is 1.72 bits per heavy atom. The Bertz CT molecular complexity index is 844. The highest BCUT2D eigenvalue weighted by Crippen LogP contribution is 2.32. The summed E-state index contributed by atoms with van der Waals surface area (Å²) in [5, 5.41) is 3.33. The molecule has 1 fully saturated rings. The number of amides is 1. The van der Waals surface area contributed by atoms with E-state index < -0.39 is 0 Å². The number of pyridine rings is 1. The predicted molar refractivity (Wildman–Crippen MR) is 115 cm³/mol. The van der Waals surface area contributed by atoms with Crippen molar-refractivity contribution < 1.29 is 4.79 Å². The maximum absolute atomic E-state index is 12.6. The highest BCUT2D eigenvalue weighted by atomic mass is 16.2. The Labute approximate surface area is 173 Å². The van der Waals surface area contributed by atoms with Gasteiger partial charge in [-0.2, -0.15) is 0 Å². The van der Waals surface area contributed by atoms with Crippen molar-refractivity contribution in [2.24, 2.45) is 0 Å². The molecule has 0 radical (unpaired) electrons. The molecule has 29 heavy (non-hydrogen) atoms. The molecule has 7 nitrogen and oxygen atoms in total. The fourth-order valence-corrected chi connectivity index (χ4v) is 4.05. The Hall–Kier alpha value is -2.54. The third-order valence-electron chi connectivity index (χ3n) is 5.37. The Kier molecular flexibility index (Phi) is 6.79. The zero-order chi connectivity index (χ0) is 21.0. The molecule has 156 valence electrons. The molecule has 1 unspecified atom stereocenters. The summed E-state index contributed by atoms with van der Waals surface area (Å²) in [6.07, 6.45) is 2.09. The molecule has 1 N–H and O–H groups in total. The van der Waals surface area contributed by atoms with Gasteiger partial charge in [-0.1, -0.05) is 0 Å². The van der Waals surface area contributed by atoms with Crippen molar-refractivity contribution in [1.82, 2.24) is 24.8 Å². The first-order valence-electron chi connectivity index (χ1n) is 10.5. The molecule has 3 heterocycles. The lowest BCUT2D eigenvalue weighted by Crippen LogP contribution is -2.40. The SMILES string of the molecule is CCN(CC)C(=O)CN1CCCC1c1cc(Nc2nc(C)cc(C)n2)cc(C)n1. The molecule has 0 bridgehead atoms. The Balaban J connectivity index is 1.80. The second-order valence-corrected chi connectivity index (χ2v) is 7.72. The summed E-state index contributed by atoms with van der Waals surface area (Å²) in [5.74, 6) is 0.788. The van der Waals surface area contributed by atoms with Crippen LogP contribution in [0.25, 0.3) is 0 Å². The minimum Gasteiger partial charge on any atom is -0.342 e. The van der Waals surface area contributed by atoms with Crippen LogP contribution >= 0.6 is 0 Å². The van der Waals surface area contributed by atoms with E-state index in [1.165, 1.54) is 0 Å². The molecule has 1 atom stereocenters. The summed E-state index contributed by atoms with van der Waals surface area (Å²) in [7, 11) is 0. The molecule has 1 amide bonds. The van der Waals surface area contributed by atoms with Gasteiger partial charge in [0.1, 0.15) is 0 Å². The quantitative estimate of drug-likeness (QED) is 0.772. The van der Waals surface area contributed by atoms with Crippen LogP contribution in [0, 0.1) is 20.8 Å². The fraction of sp³-hybridized carbons (Fsp3) is 0.545. The van der Waals surface area contributed by atoms with Crippen LogP contribution < -0.4 is 5.32 Å². The molecule has 0 saturated carbocycles. The van der Waals surface area contributed by atoms with Crippen molar-refractivity contribution in [3.63, 3.8) is 0 Å². The molecule has 3 rings (SSSR count). The first kappa shape index (κ1) is 21.2. The Morgan fingerprint density at radius 3 is 2.38 bits per heavy atom. The van der Waals surface area contributed by atoms with Crippen molar-refractivity contribution in [1.29, 1.82) is 0 Å². The van der Waals surface area contributed by atoms with Gasteiger partial charge in [0.15, 0.2) is 0 Å². The van der Waals surface area contributed by atoms with Crippen molar-refractivity contribution in [2.75, 3.05) is 31.5 Å². The number of likely N-dealkylation sites (tertiary alicyclic amines) is 1. The predicted octanol–water partition coefficient (Wildman–Crippen LogP) is 3.55. The lowest BCUT2D eigenvalue weighted by molar-refractivity contribution is -0.132. The number of aryl methyl sites for hydroxylation is 3. The summed E-state index contributed by atoms with van der Waals surface area (Å²) in [6.45, 7) is 12.9. The van der Waals surface area contributed by atoms with E-state index in [1.807, 2.05) is 51.7 Å². The van der Waals surface area contributed by atoms with Crippen LogP contribution in [0.3, 0.4) is 0 Å². The van der Waals surface area contributed by atoms with Gasteiger partial charge >= 0.3 is 0 Å². The van der Waals surface area contributed by atoms with E-state index in [9.17, 15) is 4.79 Å². The molecule has 2 aromatic heterocycles. The number of nitrogens with one attached hydrogen (secondary N) is 1. The highest BCUT2D eigenvalue weighted by molar-refractivity contribution is 5.78. The number of anilines is 2. The third kappa shape index (κ3) is 5.29. The number of carbonyl (C=O) groups is 1. The van der Waals surface area contributed by atoms with Crippen LogP contribution in [0.1, 0.15) is 55.5 Å². The summed E-state index contributed by atoms with van der Waals surface area (Å²) < 4.78 is 0. The molecule has 0 aliphatic carbocycles. The molecule has 1 aliphatic heterocycles. The van der Waals surface area contributed by atoms with Crippen molar-refractivity contribution in [2.45, 2.75) is 53.5 Å². The van der Waals surface area contributed by atoms with Gasteiger partial charge in [0.05, 0.1) is 18.3 Å². The van der Waals surface area contributed by atoms with Crippen LogP contribution in [0.15, 0.2) is 18.2 Å². The highest BCUT2D eigenvalue weighted by Gasteiger charge is 2.30. The molecule has 0 spiro atoms. The maximum Gasteiger partial charge on any atom is 0.236 e. The average Bonchev–Trinajstić information content (AvgIpc) is 3.09. The van der Waals surface area contributed by atoms with Gasteiger partial charge in [0.25, 0.3) is 0 Å². The smallest absolute Gasteiger partial charge is 0.236 e. The molecule has 7 heteroatoms. The number of aromatic nitrogens is 3. The van der Waals surface area contributed by atoms with Crippen molar-refractivity contribution in [3.05, 3.63) is 41.0 Å². The first-order valence-corrected chi connectivity index (χ1v) is 10.5. The molecular weight excluding hydrogens is 364 g/mol. The monoisotopic (exact) mass is 396 g/mol. The second-order valence-electron chi connectivity index (χ2n) is 7.72. The Morgan fingerprint density at radius 1 is 1.07 bits per heavy atom. The topological polar surface area (TPSA) is 74.2 Å². The summed E-state index contributed by atoms with van der Waals surface area (Å²) in [5.41, 5.74) is 4.74. The van der Waals surface area contributed by atoms with E-state index in [-0.39, 0.29) is 11.9 Å². The van der Waals surface area contributed by atoms with Gasteiger partial charge in [-0.05, 0) is 72.2 Å². The van der Waals surface area contributed by atoms with E-state index in [4.69, 9.17) is 4.98 Å². The largest absolute Gasteiger partial charge is 0.342 e.